The van der Waals surface area contributed by atoms with E-state index in [2.05, 4.69) is 16.8 Å². The fourth-order valence-corrected chi connectivity index (χ4v) is 1.24. The lowest BCUT2D eigenvalue weighted by Crippen LogP contribution is -2.26. The molecule has 1 aromatic rings. The molecule has 0 aliphatic rings. The van der Waals surface area contributed by atoms with Crippen molar-refractivity contribution < 1.29 is 5.11 Å². The maximum Gasteiger partial charge on any atom is 0.0606 e. The number of nitrogens with zero attached hydrogens (tertiary/aromatic N) is 2. The van der Waals surface area contributed by atoms with Crippen molar-refractivity contribution >= 4 is 5.69 Å². The minimum absolute atomic E-state index is 0.182. The van der Waals surface area contributed by atoms with Gasteiger partial charge in [-0.15, -0.1) is 0 Å². The lowest BCUT2D eigenvalue weighted by molar-refractivity contribution is 0.302. The van der Waals surface area contributed by atoms with Crippen LogP contribution < -0.4 is 4.90 Å². The molecule has 1 N–H and O–H groups in total. The van der Waals surface area contributed by atoms with E-state index in [0.29, 0.717) is 6.54 Å². The van der Waals surface area contributed by atoms with Crippen molar-refractivity contribution in [2.24, 2.45) is 0 Å². The topological polar surface area (TPSA) is 36.4 Å². The highest BCUT2D eigenvalue weighted by Gasteiger charge is 2.02. The number of anilines is 1. The molecule has 3 heteroatoms. The molecule has 0 bridgehead atoms. The highest BCUT2D eigenvalue weighted by molar-refractivity contribution is 5.44. The molecule has 0 unspecified atom stereocenters. The molecule has 0 atom stereocenters. The summed E-state index contributed by atoms with van der Waals surface area (Å²) in [4.78, 5) is 6.30. The number of aliphatic hydroxyl groups is 1. The predicted octanol–water partition coefficient (Wildman–Crippen LogP) is 1.21. The third kappa shape index (κ3) is 2.70. The highest BCUT2D eigenvalue weighted by atomic mass is 16.3. The third-order valence-corrected chi connectivity index (χ3v) is 2.01. The van der Waals surface area contributed by atoms with Crippen LogP contribution in [0.1, 0.15) is 12.6 Å². The van der Waals surface area contributed by atoms with Gasteiger partial charge in [0.2, 0.25) is 0 Å². The number of hydrogen-bond acceptors (Lipinski definition) is 3. The smallest absolute Gasteiger partial charge is 0.0606 e. The maximum absolute atomic E-state index is 8.82. The van der Waals surface area contributed by atoms with Gasteiger partial charge in [0.15, 0.2) is 0 Å². The largest absolute Gasteiger partial charge is 0.395 e. The Balaban J connectivity index is 2.73. The molecule has 1 rings (SSSR count). The zero-order valence-electron chi connectivity index (χ0n) is 8.20. The third-order valence-electron chi connectivity index (χ3n) is 2.01. The van der Waals surface area contributed by atoms with E-state index in [1.165, 1.54) is 0 Å². The van der Waals surface area contributed by atoms with Crippen molar-refractivity contribution in [1.29, 1.82) is 0 Å². The minimum atomic E-state index is 0.182. The normalized spacial score (nSPS) is 10.1. The summed E-state index contributed by atoms with van der Waals surface area (Å²) in [6.07, 6.45) is 1.84. The summed E-state index contributed by atoms with van der Waals surface area (Å²) >= 11 is 0. The molecule has 0 saturated heterocycles. The molecule has 0 radical (unpaired) electrons. The summed E-state index contributed by atoms with van der Waals surface area (Å²) in [6.45, 7) is 5.77. The number of aryl methyl sites for hydroxylation is 1. The molecule has 0 spiro atoms. The average molecular weight is 180 g/mol. The van der Waals surface area contributed by atoms with Crippen LogP contribution in [-0.2, 0) is 0 Å². The van der Waals surface area contributed by atoms with E-state index in [0.717, 1.165) is 17.9 Å². The van der Waals surface area contributed by atoms with Crippen LogP contribution in [0.2, 0.25) is 0 Å². The van der Waals surface area contributed by atoms with Gasteiger partial charge in [0, 0.05) is 18.8 Å². The Kier molecular flexibility index (Phi) is 3.71. The van der Waals surface area contributed by atoms with E-state index >= 15 is 0 Å². The number of aliphatic hydroxyl groups excluding tert-OH is 1. The Hall–Kier alpha value is -1.09. The summed E-state index contributed by atoms with van der Waals surface area (Å²) < 4.78 is 0. The zero-order valence-corrected chi connectivity index (χ0v) is 8.20. The second-order valence-electron chi connectivity index (χ2n) is 2.96. The zero-order chi connectivity index (χ0) is 9.68. The quantitative estimate of drug-likeness (QED) is 0.756. The maximum atomic E-state index is 8.82. The van der Waals surface area contributed by atoms with E-state index in [9.17, 15) is 0 Å². The molecular weight excluding hydrogens is 164 g/mol. The van der Waals surface area contributed by atoms with Gasteiger partial charge in [-0.05, 0) is 26.0 Å². The first kappa shape index (κ1) is 9.99. The van der Waals surface area contributed by atoms with Gasteiger partial charge >= 0.3 is 0 Å². The van der Waals surface area contributed by atoms with Crippen molar-refractivity contribution in [2.75, 3.05) is 24.6 Å². The Bertz CT molecular complexity index is 246. The van der Waals surface area contributed by atoms with E-state index in [1.807, 2.05) is 25.3 Å². The van der Waals surface area contributed by atoms with Crippen LogP contribution in [0.15, 0.2) is 18.3 Å². The minimum Gasteiger partial charge on any atom is -0.395 e. The Morgan fingerprint density at radius 3 is 2.69 bits per heavy atom. The number of rotatable bonds is 4. The van der Waals surface area contributed by atoms with Gasteiger partial charge in [0.1, 0.15) is 0 Å². The fraction of sp³-hybridized carbons (Fsp3) is 0.500. The van der Waals surface area contributed by atoms with Crippen molar-refractivity contribution in [1.82, 2.24) is 4.98 Å². The summed E-state index contributed by atoms with van der Waals surface area (Å²) in [5.74, 6) is 0. The van der Waals surface area contributed by atoms with Crippen molar-refractivity contribution in [2.45, 2.75) is 13.8 Å². The molecule has 3 nitrogen and oxygen atoms in total. The summed E-state index contributed by atoms with van der Waals surface area (Å²) in [5, 5.41) is 8.82. The fourth-order valence-electron chi connectivity index (χ4n) is 1.24. The first-order chi connectivity index (χ1) is 6.27. The van der Waals surface area contributed by atoms with Crippen LogP contribution in [0.3, 0.4) is 0 Å². The number of hydrogen-bond donors (Lipinski definition) is 1. The molecule has 13 heavy (non-hydrogen) atoms. The molecule has 0 aliphatic carbocycles. The summed E-state index contributed by atoms with van der Waals surface area (Å²) in [7, 11) is 0. The van der Waals surface area contributed by atoms with Crippen LogP contribution in [0.5, 0.6) is 0 Å². The standard InChI is InChI=1S/C10H16N2O/c1-3-12(6-7-13)10-5-4-9(2)11-8-10/h4-5,8,13H,3,6-7H2,1-2H3. The van der Waals surface area contributed by atoms with Crippen LogP contribution >= 0.6 is 0 Å². The first-order valence-corrected chi connectivity index (χ1v) is 4.56. The van der Waals surface area contributed by atoms with Gasteiger partial charge in [-0.3, -0.25) is 4.98 Å². The number of likely N-dealkylation sites (N-methyl/N-ethyl adjacent to an activating group) is 1. The van der Waals surface area contributed by atoms with Gasteiger partial charge in [-0.1, -0.05) is 0 Å². The molecule has 0 saturated carbocycles. The lowest BCUT2D eigenvalue weighted by Gasteiger charge is -2.21. The van der Waals surface area contributed by atoms with E-state index in [1.54, 1.807) is 0 Å². The lowest BCUT2D eigenvalue weighted by atomic mass is 10.3. The summed E-state index contributed by atoms with van der Waals surface area (Å²) in [5.41, 5.74) is 2.09. The van der Waals surface area contributed by atoms with Gasteiger partial charge in [0.25, 0.3) is 0 Å². The second-order valence-corrected chi connectivity index (χ2v) is 2.96. The van der Waals surface area contributed by atoms with Crippen molar-refractivity contribution in [3.63, 3.8) is 0 Å². The van der Waals surface area contributed by atoms with Crippen LogP contribution in [0.4, 0.5) is 5.69 Å². The SMILES string of the molecule is CCN(CCO)c1ccc(C)nc1. The first-order valence-electron chi connectivity index (χ1n) is 4.56. The Morgan fingerprint density at radius 2 is 2.23 bits per heavy atom. The monoisotopic (exact) mass is 180 g/mol. The van der Waals surface area contributed by atoms with E-state index in [-0.39, 0.29) is 6.61 Å². The van der Waals surface area contributed by atoms with Crippen molar-refractivity contribution in [3.8, 4) is 0 Å². The van der Waals surface area contributed by atoms with Gasteiger partial charge < -0.3 is 10.0 Å². The van der Waals surface area contributed by atoms with Gasteiger partial charge in [-0.25, -0.2) is 0 Å². The average Bonchev–Trinajstić information content (AvgIpc) is 2.16. The Labute approximate surface area is 79.0 Å². The molecular formula is C10H16N2O. The molecule has 72 valence electrons. The highest BCUT2D eigenvalue weighted by Crippen LogP contribution is 2.11. The van der Waals surface area contributed by atoms with Crippen LogP contribution in [-0.4, -0.2) is 29.8 Å². The van der Waals surface area contributed by atoms with Crippen LogP contribution in [0, 0.1) is 6.92 Å². The number of aromatic nitrogens is 1. The molecule has 0 amide bonds. The summed E-state index contributed by atoms with van der Waals surface area (Å²) in [6, 6.07) is 4.01. The van der Waals surface area contributed by atoms with Crippen LogP contribution in [0.25, 0.3) is 0 Å². The molecule has 1 heterocycles. The molecule has 0 aliphatic heterocycles. The van der Waals surface area contributed by atoms with E-state index in [4.69, 9.17) is 5.11 Å². The Morgan fingerprint density at radius 1 is 1.46 bits per heavy atom. The van der Waals surface area contributed by atoms with Gasteiger partial charge in [0.05, 0.1) is 18.5 Å². The molecule has 1 aromatic heterocycles. The van der Waals surface area contributed by atoms with Crippen molar-refractivity contribution in [3.05, 3.63) is 24.0 Å². The predicted molar refractivity (Wildman–Crippen MR) is 53.9 cm³/mol. The van der Waals surface area contributed by atoms with Gasteiger partial charge in [-0.2, -0.15) is 0 Å². The van der Waals surface area contributed by atoms with E-state index < -0.39 is 0 Å². The second kappa shape index (κ2) is 4.82. The molecule has 0 aromatic carbocycles. The number of pyridine rings is 1. The molecule has 0 fully saturated rings.